The third kappa shape index (κ3) is 3.97. The van der Waals surface area contributed by atoms with Crippen LogP contribution in [0.2, 0.25) is 0 Å². The van der Waals surface area contributed by atoms with Crippen LogP contribution < -0.4 is 0 Å². The van der Waals surface area contributed by atoms with Crippen LogP contribution >= 0.6 is 22.0 Å². The molecule has 1 heterocycles. The van der Waals surface area contributed by atoms with Crippen molar-refractivity contribution in [1.82, 2.24) is 4.90 Å². The highest BCUT2D eigenvalue weighted by atomic mass is 35.7. The van der Waals surface area contributed by atoms with Gasteiger partial charge in [-0.1, -0.05) is 13.8 Å². The quantitative estimate of drug-likeness (QED) is 0.802. The first-order chi connectivity index (χ1) is 7.71. The lowest BCUT2D eigenvalue weighted by atomic mass is 10.2. The molecule has 17 heavy (non-hydrogen) atoms. The Balaban J connectivity index is 2.88. The molecule has 1 rings (SSSR count). The summed E-state index contributed by atoms with van der Waals surface area (Å²) in [7, 11) is 3.14. The zero-order valence-electron chi connectivity index (χ0n) is 9.81. The first kappa shape index (κ1) is 14.5. The van der Waals surface area contributed by atoms with E-state index in [2.05, 4.69) is 0 Å². The minimum absolute atomic E-state index is 0.000429. The van der Waals surface area contributed by atoms with Crippen molar-refractivity contribution >= 4 is 37.0 Å². The van der Waals surface area contributed by atoms with Gasteiger partial charge in [-0.05, 0) is 12.0 Å². The van der Waals surface area contributed by atoms with Gasteiger partial charge in [0.05, 0.1) is 5.56 Å². The number of rotatable bonds is 4. The van der Waals surface area contributed by atoms with Crippen LogP contribution in [0.4, 0.5) is 0 Å². The number of hydrogen-bond acceptors (Lipinski definition) is 4. The van der Waals surface area contributed by atoms with Gasteiger partial charge in [0.1, 0.15) is 4.21 Å². The molecule has 0 N–H and O–H groups in total. The van der Waals surface area contributed by atoms with Gasteiger partial charge >= 0.3 is 0 Å². The summed E-state index contributed by atoms with van der Waals surface area (Å²) in [4.78, 5) is 13.5. The van der Waals surface area contributed by atoms with Crippen LogP contribution in [-0.2, 0) is 9.05 Å². The monoisotopic (exact) mass is 295 g/mol. The summed E-state index contributed by atoms with van der Waals surface area (Å²) >= 11 is 0.954. The van der Waals surface area contributed by atoms with Crippen LogP contribution in [-0.4, -0.2) is 32.8 Å². The van der Waals surface area contributed by atoms with Gasteiger partial charge in [0, 0.05) is 29.7 Å². The molecule has 0 saturated heterocycles. The van der Waals surface area contributed by atoms with Gasteiger partial charge < -0.3 is 4.90 Å². The lowest BCUT2D eigenvalue weighted by Gasteiger charge is -2.18. The maximum atomic E-state index is 11.9. The van der Waals surface area contributed by atoms with Crippen molar-refractivity contribution in [3.63, 3.8) is 0 Å². The molecule has 7 heteroatoms. The van der Waals surface area contributed by atoms with E-state index in [9.17, 15) is 13.2 Å². The Labute approximate surface area is 110 Å². The van der Waals surface area contributed by atoms with Crippen LogP contribution in [0, 0.1) is 5.92 Å². The molecule has 0 spiro atoms. The largest absolute Gasteiger partial charge is 0.341 e. The zero-order chi connectivity index (χ0) is 13.2. The zero-order valence-corrected chi connectivity index (χ0v) is 12.2. The Morgan fingerprint density at radius 1 is 1.53 bits per heavy atom. The standard InChI is InChI=1S/C10H14ClNO3S2/c1-7(2)5-12(3)10(13)8-4-9(16-6-8)17(11,14)15/h4,6-7H,5H2,1-3H3. The molecule has 1 amide bonds. The van der Waals surface area contributed by atoms with E-state index in [1.165, 1.54) is 11.4 Å². The third-order valence-corrected chi connectivity index (χ3v) is 5.09. The summed E-state index contributed by atoms with van der Waals surface area (Å²) in [6.45, 7) is 4.63. The molecule has 0 fully saturated rings. The Morgan fingerprint density at radius 2 is 2.12 bits per heavy atom. The fraction of sp³-hybridized carbons (Fsp3) is 0.500. The van der Waals surface area contributed by atoms with Crippen LogP contribution in [0.25, 0.3) is 0 Å². The Bertz CT molecular complexity index is 507. The van der Waals surface area contributed by atoms with Gasteiger partial charge in [0.2, 0.25) is 0 Å². The summed E-state index contributed by atoms with van der Waals surface area (Å²) in [5.41, 5.74) is 0.359. The maximum Gasteiger partial charge on any atom is 0.270 e. The van der Waals surface area contributed by atoms with E-state index >= 15 is 0 Å². The van der Waals surface area contributed by atoms with Crippen molar-refractivity contribution in [1.29, 1.82) is 0 Å². The number of hydrogen-bond donors (Lipinski definition) is 0. The predicted molar refractivity (Wildman–Crippen MR) is 69.2 cm³/mol. The molecule has 0 aliphatic rings. The van der Waals surface area contributed by atoms with Crippen molar-refractivity contribution in [2.75, 3.05) is 13.6 Å². The highest BCUT2D eigenvalue weighted by molar-refractivity contribution is 8.15. The summed E-state index contributed by atoms with van der Waals surface area (Å²) in [5, 5.41) is 1.51. The number of nitrogens with zero attached hydrogens (tertiary/aromatic N) is 1. The highest BCUT2D eigenvalue weighted by Gasteiger charge is 2.19. The van der Waals surface area contributed by atoms with E-state index < -0.39 is 9.05 Å². The molecule has 0 atom stereocenters. The smallest absolute Gasteiger partial charge is 0.270 e. The van der Waals surface area contributed by atoms with Crippen LogP contribution in [0.1, 0.15) is 24.2 Å². The predicted octanol–water partition coefficient (Wildman–Crippen LogP) is 2.40. The van der Waals surface area contributed by atoms with Crippen molar-refractivity contribution in [3.8, 4) is 0 Å². The van der Waals surface area contributed by atoms with Crippen molar-refractivity contribution < 1.29 is 13.2 Å². The molecule has 1 aromatic rings. The first-order valence-corrected chi connectivity index (χ1v) is 8.19. The summed E-state index contributed by atoms with van der Waals surface area (Å²) < 4.78 is 22.1. The first-order valence-electron chi connectivity index (χ1n) is 5.00. The average Bonchev–Trinajstić information content (AvgIpc) is 2.63. The van der Waals surface area contributed by atoms with E-state index in [0.29, 0.717) is 18.0 Å². The van der Waals surface area contributed by atoms with E-state index in [1.807, 2.05) is 13.8 Å². The molecule has 0 aromatic carbocycles. The molecular weight excluding hydrogens is 282 g/mol. The fourth-order valence-electron chi connectivity index (χ4n) is 1.41. The molecule has 0 bridgehead atoms. The molecule has 96 valence electrons. The summed E-state index contributed by atoms with van der Waals surface area (Å²) in [6.07, 6.45) is 0. The molecular formula is C10H14ClNO3S2. The summed E-state index contributed by atoms with van der Waals surface area (Å²) in [6, 6.07) is 1.31. The Kier molecular flexibility index (Phi) is 4.57. The van der Waals surface area contributed by atoms with Gasteiger partial charge in [0.15, 0.2) is 0 Å². The van der Waals surface area contributed by atoms with Crippen molar-refractivity contribution in [2.45, 2.75) is 18.1 Å². The van der Waals surface area contributed by atoms with Gasteiger partial charge in [-0.15, -0.1) is 11.3 Å². The topological polar surface area (TPSA) is 54.5 Å². The van der Waals surface area contributed by atoms with E-state index in [1.54, 1.807) is 11.9 Å². The number of carbonyl (C=O) groups is 1. The van der Waals surface area contributed by atoms with E-state index in [4.69, 9.17) is 10.7 Å². The average molecular weight is 296 g/mol. The Hall–Kier alpha value is -0.590. The second-order valence-electron chi connectivity index (χ2n) is 4.17. The molecule has 0 saturated carbocycles. The van der Waals surface area contributed by atoms with E-state index in [-0.39, 0.29) is 10.1 Å². The minimum Gasteiger partial charge on any atom is -0.341 e. The minimum atomic E-state index is -3.74. The molecule has 0 aliphatic carbocycles. The number of carbonyl (C=O) groups excluding carboxylic acids is 1. The van der Waals surface area contributed by atoms with Crippen LogP contribution in [0.3, 0.4) is 0 Å². The highest BCUT2D eigenvalue weighted by Crippen LogP contribution is 2.24. The number of halogens is 1. The normalized spacial score (nSPS) is 11.8. The SMILES string of the molecule is CC(C)CN(C)C(=O)c1csc(S(=O)(=O)Cl)c1. The number of amides is 1. The molecule has 0 aliphatic heterocycles. The number of thiophene rings is 1. The van der Waals surface area contributed by atoms with Crippen molar-refractivity contribution in [2.24, 2.45) is 5.92 Å². The molecule has 0 unspecified atom stereocenters. The van der Waals surface area contributed by atoms with Crippen molar-refractivity contribution in [3.05, 3.63) is 17.0 Å². The Morgan fingerprint density at radius 3 is 2.53 bits per heavy atom. The third-order valence-electron chi connectivity index (χ3n) is 2.05. The van der Waals surface area contributed by atoms with Crippen LogP contribution in [0.15, 0.2) is 15.7 Å². The maximum absolute atomic E-state index is 11.9. The van der Waals surface area contributed by atoms with Gasteiger partial charge in [-0.2, -0.15) is 0 Å². The molecule has 0 radical (unpaired) electrons. The second kappa shape index (κ2) is 5.37. The van der Waals surface area contributed by atoms with Crippen LogP contribution in [0.5, 0.6) is 0 Å². The lowest BCUT2D eigenvalue weighted by molar-refractivity contribution is 0.0779. The summed E-state index contributed by atoms with van der Waals surface area (Å²) in [5.74, 6) is 0.167. The molecule has 4 nitrogen and oxygen atoms in total. The lowest BCUT2D eigenvalue weighted by Crippen LogP contribution is -2.29. The second-order valence-corrected chi connectivity index (χ2v) is 7.88. The molecule has 1 aromatic heterocycles. The van der Waals surface area contributed by atoms with Gasteiger partial charge in [-0.25, -0.2) is 8.42 Å². The fourth-order valence-corrected chi connectivity index (χ4v) is 3.35. The van der Waals surface area contributed by atoms with Gasteiger partial charge in [0.25, 0.3) is 15.0 Å². The van der Waals surface area contributed by atoms with Gasteiger partial charge in [-0.3, -0.25) is 4.79 Å². The van der Waals surface area contributed by atoms with E-state index in [0.717, 1.165) is 11.3 Å².